The van der Waals surface area contributed by atoms with E-state index in [2.05, 4.69) is 46.7 Å². The molecule has 0 atom stereocenters. The normalized spacial score (nSPS) is 16.4. The van der Waals surface area contributed by atoms with Crippen molar-refractivity contribution in [2.45, 2.75) is 12.8 Å². The molecule has 0 amide bonds. The molecule has 0 bridgehead atoms. The second kappa shape index (κ2) is 7.02. The first-order valence-electron chi connectivity index (χ1n) is 7.35. The Hall–Kier alpha value is -1.16. The fourth-order valence-corrected chi connectivity index (χ4v) is 3.38. The van der Waals surface area contributed by atoms with Gasteiger partial charge in [-0.3, -0.25) is 4.90 Å². The van der Waals surface area contributed by atoms with Gasteiger partial charge in [-0.15, -0.1) is 11.3 Å². The lowest BCUT2D eigenvalue weighted by Gasteiger charge is -2.26. The van der Waals surface area contributed by atoms with Crippen LogP contribution < -0.4 is 0 Å². The van der Waals surface area contributed by atoms with Gasteiger partial charge >= 0.3 is 0 Å². The van der Waals surface area contributed by atoms with Gasteiger partial charge in [0.15, 0.2) is 0 Å². The van der Waals surface area contributed by atoms with Gasteiger partial charge in [0.05, 0.1) is 13.2 Å². The Morgan fingerprint density at radius 1 is 1.10 bits per heavy atom. The number of nitrogens with zero attached hydrogens (tertiary/aromatic N) is 1. The summed E-state index contributed by atoms with van der Waals surface area (Å²) in [6.07, 6.45) is 2.39. The van der Waals surface area contributed by atoms with Crippen molar-refractivity contribution in [3.05, 3.63) is 47.3 Å². The Balaban J connectivity index is 1.53. The van der Waals surface area contributed by atoms with E-state index < -0.39 is 0 Å². The molecule has 2 aromatic rings. The van der Waals surface area contributed by atoms with Crippen LogP contribution in [0.4, 0.5) is 0 Å². The Labute approximate surface area is 125 Å². The highest BCUT2D eigenvalue weighted by molar-refractivity contribution is 7.13. The minimum Gasteiger partial charge on any atom is -0.379 e. The lowest BCUT2D eigenvalue weighted by atomic mass is 10.1. The molecule has 0 aliphatic carbocycles. The van der Waals surface area contributed by atoms with Gasteiger partial charge in [-0.25, -0.2) is 0 Å². The van der Waals surface area contributed by atoms with Crippen LogP contribution in [0.25, 0.3) is 10.4 Å². The highest BCUT2D eigenvalue weighted by Crippen LogP contribution is 2.25. The predicted octanol–water partition coefficient (Wildman–Crippen LogP) is 3.68. The van der Waals surface area contributed by atoms with Crippen LogP contribution in [-0.2, 0) is 11.2 Å². The topological polar surface area (TPSA) is 12.5 Å². The second-order valence-electron chi connectivity index (χ2n) is 5.24. The fraction of sp³-hybridized carbons (Fsp3) is 0.412. The van der Waals surface area contributed by atoms with Gasteiger partial charge < -0.3 is 4.74 Å². The maximum absolute atomic E-state index is 5.38. The molecule has 0 saturated carbocycles. The van der Waals surface area contributed by atoms with Crippen molar-refractivity contribution in [2.24, 2.45) is 0 Å². The minimum absolute atomic E-state index is 0.897. The molecule has 1 aromatic carbocycles. The maximum Gasteiger partial charge on any atom is 0.0594 e. The van der Waals surface area contributed by atoms with E-state index in [0.29, 0.717) is 0 Å². The summed E-state index contributed by atoms with van der Waals surface area (Å²) in [7, 11) is 0. The molecule has 0 N–H and O–H groups in total. The molecule has 3 rings (SSSR count). The molecule has 3 heteroatoms. The fourth-order valence-electron chi connectivity index (χ4n) is 2.65. The van der Waals surface area contributed by atoms with Crippen LogP contribution in [0.5, 0.6) is 0 Å². The summed E-state index contributed by atoms with van der Waals surface area (Å²) in [6, 6.07) is 13.3. The summed E-state index contributed by atoms with van der Waals surface area (Å²) in [6.45, 7) is 5.17. The number of morpholine rings is 1. The highest BCUT2D eigenvalue weighted by Gasteiger charge is 2.09. The van der Waals surface area contributed by atoms with E-state index in [1.165, 1.54) is 29.0 Å². The van der Waals surface area contributed by atoms with Gasteiger partial charge in [0.2, 0.25) is 0 Å². The van der Waals surface area contributed by atoms with Crippen molar-refractivity contribution in [3.8, 4) is 10.4 Å². The summed E-state index contributed by atoms with van der Waals surface area (Å²) >= 11 is 1.81. The lowest BCUT2D eigenvalue weighted by molar-refractivity contribution is 0.0375. The van der Waals surface area contributed by atoms with Gasteiger partial charge in [-0.1, -0.05) is 30.3 Å². The summed E-state index contributed by atoms with van der Waals surface area (Å²) in [4.78, 5) is 3.87. The number of ether oxygens (including phenoxy) is 1. The van der Waals surface area contributed by atoms with E-state index >= 15 is 0 Å². The first kappa shape index (κ1) is 13.8. The summed E-state index contributed by atoms with van der Waals surface area (Å²) < 4.78 is 5.38. The standard InChI is InChI=1S/C17H21NOS/c1-4-15(5-2-8-18-9-11-19-12-10-18)14-16(6-1)17-7-3-13-20-17/h1,3-4,6-7,13-14H,2,5,8-12H2. The predicted molar refractivity (Wildman–Crippen MR) is 85.3 cm³/mol. The van der Waals surface area contributed by atoms with Crippen LogP contribution in [0, 0.1) is 0 Å². The zero-order chi connectivity index (χ0) is 13.6. The molecule has 1 aromatic heterocycles. The monoisotopic (exact) mass is 287 g/mol. The van der Waals surface area contributed by atoms with Crippen LogP contribution in [0.1, 0.15) is 12.0 Å². The van der Waals surface area contributed by atoms with Crippen molar-refractivity contribution >= 4 is 11.3 Å². The lowest BCUT2D eigenvalue weighted by Crippen LogP contribution is -2.36. The maximum atomic E-state index is 5.38. The van der Waals surface area contributed by atoms with E-state index in [1.54, 1.807) is 0 Å². The van der Waals surface area contributed by atoms with Crippen molar-refractivity contribution in [2.75, 3.05) is 32.8 Å². The molecule has 20 heavy (non-hydrogen) atoms. The van der Waals surface area contributed by atoms with Gasteiger partial charge in [-0.05, 0) is 42.0 Å². The molecule has 2 heterocycles. The third-order valence-corrected chi connectivity index (χ3v) is 4.70. The molecule has 1 aliphatic rings. The second-order valence-corrected chi connectivity index (χ2v) is 6.18. The third kappa shape index (κ3) is 3.69. The number of benzene rings is 1. The minimum atomic E-state index is 0.897. The number of aryl methyl sites for hydroxylation is 1. The van der Waals surface area contributed by atoms with Crippen LogP contribution in [-0.4, -0.2) is 37.7 Å². The zero-order valence-corrected chi connectivity index (χ0v) is 12.6. The molecule has 1 aliphatic heterocycles. The molecular formula is C17H21NOS. The molecule has 0 unspecified atom stereocenters. The van der Waals surface area contributed by atoms with E-state index in [4.69, 9.17) is 4.74 Å². The smallest absolute Gasteiger partial charge is 0.0594 e. The van der Waals surface area contributed by atoms with Gasteiger partial charge in [0.25, 0.3) is 0 Å². The molecule has 0 spiro atoms. The van der Waals surface area contributed by atoms with E-state index in [-0.39, 0.29) is 0 Å². The SMILES string of the molecule is c1cc(CCCN2CCOCC2)cc(-c2cccs2)c1. The summed E-state index contributed by atoms with van der Waals surface area (Å²) in [5, 5.41) is 2.14. The Bertz CT molecular complexity index is 518. The summed E-state index contributed by atoms with van der Waals surface area (Å²) in [5.41, 5.74) is 2.80. The average molecular weight is 287 g/mol. The van der Waals surface area contributed by atoms with Crippen LogP contribution in [0.15, 0.2) is 41.8 Å². The van der Waals surface area contributed by atoms with Gasteiger partial charge in [0, 0.05) is 18.0 Å². The molecule has 0 radical (unpaired) electrons. The number of hydrogen-bond donors (Lipinski definition) is 0. The number of rotatable bonds is 5. The molecule has 106 valence electrons. The van der Waals surface area contributed by atoms with E-state index in [9.17, 15) is 0 Å². The van der Waals surface area contributed by atoms with E-state index in [1.807, 2.05) is 11.3 Å². The Kier molecular flexibility index (Phi) is 4.85. The number of hydrogen-bond acceptors (Lipinski definition) is 3. The molecule has 2 nitrogen and oxygen atoms in total. The number of thiophene rings is 1. The first-order valence-corrected chi connectivity index (χ1v) is 8.23. The molecule has 1 saturated heterocycles. The van der Waals surface area contributed by atoms with Gasteiger partial charge in [-0.2, -0.15) is 0 Å². The Morgan fingerprint density at radius 3 is 2.80 bits per heavy atom. The van der Waals surface area contributed by atoms with Crippen LogP contribution in [0.2, 0.25) is 0 Å². The van der Waals surface area contributed by atoms with E-state index in [0.717, 1.165) is 32.7 Å². The molecule has 1 fully saturated rings. The molecular weight excluding hydrogens is 266 g/mol. The van der Waals surface area contributed by atoms with Crippen molar-refractivity contribution in [1.82, 2.24) is 4.90 Å². The quantitative estimate of drug-likeness (QED) is 0.832. The average Bonchev–Trinajstić information content (AvgIpc) is 3.03. The largest absolute Gasteiger partial charge is 0.379 e. The van der Waals surface area contributed by atoms with Crippen LogP contribution >= 0.6 is 11.3 Å². The highest BCUT2D eigenvalue weighted by atomic mass is 32.1. The zero-order valence-electron chi connectivity index (χ0n) is 11.8. The summed E-state index contributed by atoms with van der Waals surface area (Å²) in [5.74, 6) is 0. The first-order chi connectivity index (χ1) is 9.92. The Morgan fingerprint density at radius 2 is 2.00 bits per heavy atom. The van der Waals surface area contributed by atoms with Crippen LogP contribution in [0.3, 0.4) is 0 Å². The third-order valence-electron chi connectivity index (χ3n) is 3.78. The van der Waals surface area contributed by atoms with Crippen molar-refractivity contribution in [1.29, 1.82) is 0 Å². The van der Waals surface area contributed by atoms with Crippen molar-refractivity contribution in [3.63, 3.8) is 0 Å². The van der Waals surface area contributed by atoms with Gasteiger partial charge in [0.1, 0.15) is 0 Å². The van der Waals surface area contributed by atoms with Crippen molar-refractivity contribution < 1.29 is 4.74 Å².